The fourth-order valence-electron chi connectivity index (χ4n) is 2.03. The highest BCUT2D eigenvalue weighted by molar-refractivity contribution is 5.84. The zero-order chi connectivity index (χ0) is 12.9. The van der Waals surface area contributed by atoms with E-state index in [1.165, 1.54) is 19.3 Å². The summed E-state index contributed by atoms with van der Waals surface area (Å²) in [6, 6.07) is 0.409. The Bertz CT molecular complexity index is 248. The van der Waals surface area contributed by atoms with Gasteiger partial charge in [-0.3, -0.25) is 9.69 Å². The summed E-state index contributed by atoms with van der Waals surface area (Å²) in [4.78, 5) is 14.3. The Morgan fingerprint density at radius 3 is 2.47 bits per heavy atom. The van der Waals surface area contributed by atoms with Gasteiger partial charge in [-0.2, -0.15) is 0 Å². The molecule has 0 aromatic heterocycles. The van der Waals surface area contributed by atoms with Gasteiger partial charge >= 0.3 is 0 Å². The number of nitrogens with zero attached hydrogens (tertiary/aromatic N) is 1. The lowest BCUT2D eigenvalue weighted by Gasteiger charge is -2.33. The molecule has 1 fully saturated rings. The van der Waals surface area contributed by atoms with Crippen molar-refractivity contribution >= 4 is 5.91 Å². The Labute approximate surface area is 105 Å². The normalized spacial score (nSPS) is 20.0. The molecule has 1 saturated heterocycles. The molecule has 0 bridgehead atoms. The van der Waals surface area contributed by atoms with Crippen LogP contribution < -0.4 is 5.32 Å². The first kappa shape index (κ1) is 14.5. The number of carbonyl (C=O) groups excluding carboxylic acids is 1. The van der Waals surface area contributed by atoms with Crippen molar-refractivity contribution in [2.75, 3.05) is 26.7 Å². The number of piperidine rings is 1. The summed E-state index contributed by atoms with van der Waals surface area (Å²) in [5.41, 5.74) is -0.735. The van der Waals surface area contributed by atoms with Crippen molar-refractivity contribution in [1.82, 2.24) is 10.2 Å². The number of nitrogens with one attached hydrogen (secondary N) is 1. The number of amides is 1. The minimum absolute atomic E-state index is 0.0381. The third-order valence-corrected chi connectivity index (χ3v) is 3.63. The van der Waals surface area contributed by atoms with Crippen LogP contribution in [-0.2, 0) is 9.53 Å². The van der Waals surface area contributed by atoms with E-state index in [9.17, 15) is 4.79 Å². The van der Waals surface area contributed by atoms with E-state index in [0.29, 0.717) is 12.6 Å². The minimum atomic E-state index is -0.735. The molecule has 1 N–H and O–H groups in total. The van der Waals surface area contributed by atoms with E-state index < -0.39 is 5.60 Å². The topological polar surface area (TPSA) is 41.6 Å². The Morgan fingerprint density at radius 1 is 1.35 bits per heavy atom. The summed E-state index contributed by atoms with van der Waals surface area (Å²) < 4.78 is 5.15. The molecule has 1 amide bonds. The fraction of sp³-hybridized carbons (Fsp3) is 0.923. The molecule has 0 aliphatic carbocycles. The van der Waals surface area contributed by atoms with E-state index in [-0.39, 0.29) is 5.91 Å². The lowest BCUT2D eigenvalue weighted by atomic mass is 10.1. The molecule has 1 aliphatic rings. The maximum atomic E-state index is 11.8. The maximum absolute atomic E-state index is 11.8. The van der Waals surface area contributed by atoms with E-state index >= 15 is 0 Å². The number of methoxy groups -OCH3 is 1. The molecule has 1 unspecified atom stereocenters. The molecule has 0 saturated carbocycles. The highest BCUT2D eigenvalue weighted by Gasteiger charge is 2.27. The van der Waals surface area contributed by atoms with E-state index in [1.54, 1.807) is 21.0 Å². The quantitative estimate of drug-likeness (QED) is 0.792. The summed E-state index contributed by atoms with van der Waals surface area (Å²) in [5, 5.41) is 2.97. The van der Waals surface area contributed by atoms with Gasteiger partial charge in [-0.1, -0.05) is 6.42 Å². The van der Waals surface area contributed by atoms with Gasteiger partial charge in [0.05, 0.1) is 0 Å². The van der Waals surface area contributed by atoms with E-state index in [0.717, 1.165) is 13.1 Å². The molecule has 1 heterocycles. The van der Waals surface area contributed by atoms with Gasteiger partial charge in [0.15, 0.2) is 0 Å². The van der Waals surface area contributed by atoms with Crippen molar-refractivity contribution in [2.24, 2.45) is 0 Å². The number of hydrogen-bond acceptors (Lipinski definition) is 3. The van der Waals surface area contributed by atoms with E-state index in [4.69, 9.17) is 4.74 Å². The molecule has 4 heteroatoms. The van der Waals surface area contributed by atoms with Crippen molar-refractivity contribution < 1.29 is 9.53 Å². The van der Waals surface area contributed by atoms with Gasteiger partial charge in [0, 0.05) is 19.7 Å². The first-order chi connectivity index (χ1) is 7.97. The van der Waals surface area contributed by atoms with E-state index in [1.807, 2.05) is 0 Å². The lowest BCUT2D eigenvalue weighted by molar-refractivity contribution is -0.139. The number of ether oxygens (including phenoxy) is 1. The standard InChI is InChI=1S/C13H26N2O2/c1-11(15-8-6-5-7-9-15)10-14-12(16)13(2,3)17-4/h11H,5-10H2,1-4H3,(H,14,16). The van der Waals surface area contributed by atoms with E-state index in [2.05, 4.69) is 17.1 Å². The summed E-state index contributed by atoms with van der Waals surface area (Å²) >= 11 is 0. The first-order valence-electron chi connectivity index (χ1n) is 6.55. The zero-order valence-corrected chi connectivity index (χ0v) is 11.6. The monoisotopic (exact) mass is 242 g/mol. The van der Waals surface area contributed by atoms with Crippen LogP contribution in [0.3, 0.4) is 0 Å². The molecule has 0 radical (unpaired) electrons. The Hall–Kier alpha value is -0.610. The number of rotatable bonds is 5. The van der Waals surface area contributed by atoms with Gasteiger partial charge in [0.2, 0.25) is 0 Å². The van der Waals surface area contributed by atoms with Gasteiger partial charge < -0.3 is 10.1 Å². The summed E-state index contributed by atoms with van der Waals surface area (Å²) in [5.74, 6) is -0.0381. The lowest BCUT2D eigenvalue weighted by Crippen LogP contribution is -2.49. The SMILES string of the molecule is COC(C)(C)C(=O)NCC(C)N1CCCCC1. The molecule has 4 nitrogen and oxygen atoms in total. The average molecular weight is 242 g/mol. The number of carbonyl (C=O) groups is 1. The molecular weight excluding hydrogens is 216 g/mol. The van der Waals surface area contributed by atoms with Crippen molar-refractivity contribution in [3.8, 4) is 0 Å². The molecule has 0 spiro atoms. The third-order valence-electron chi connectivity index (χ3n) is 3.63. The van der Waals surface area contributed by atoms with Crippen molar-refractivity contribution in [1.29, 1.82) is 0 Å². The molecule has 100 valence electrons. The zero-order valence-electron chi connectivity index (χ0n) is 11.6. The summed E-state index contributed by atoms with van der Waals surface area (Å²) in [6.07, 6.45) is 3.90. The van der Waals surface area contributed by atoms with Crippen LogP contribution in [0.2, 0.25) is 0 Å². The molecule has 0 aromatic carbocycles. The predicted molar refractivity (Wildman–Crippen MR) is 69.0 cm³/mol. The molecule has 1 atom stereocenters. The van der Waals surface area contributed by atoms with Crippen LogP contribution in [-0.4, -0.2) is 49.2 Å². The smallest absolute Gasteiger partial charge is 0.251 e. The van der Waals surface area contributed by atoms with Crippen LogP contribution in [0.25, 0.3) is 0 Å². The molecule has 1 aliphatic heterocycles. The van der Waals surface area contributed by atoms with Crippen LogP contribution in [0.1, 0.15) is 40.0 Å². The average Bonchev–Trinajstić information content (AvgIpc) is 2.36. The van der Waals surface area contributed by atoms with Gasteiger partial charge in [-0.05, 0) is 46.7 Å². The van der Waals surface area contributed by atoms with Gasteiger partial charge in [-0.15, -0.1) is 0 Å². The Morgan fingerprint density at radius 2 is 1.94 bits per heavy atom. The van der Waals surface area contributed by atoms with Gasteiger partial charge in [0.25, 0.3) is 5.91 Å². The van der Waals surface area contributed by atoms with Crippen LogP contribution in [0, 0.1) is 0 Å². The first-order valence-corrected chi connectivity index (χ1v) is 6.55. The summed E-state index contributed by atoms with van der Waals surface area (Å²) in [7, 11) is 1.56. The largest absolute Gasteiger partial charge is 0.369 e. The second-order valence-corrected chi connectivity index (χ2v) is 5.37. The van der Waals surface area contributed by atoms with Crippen LogP contribution in [0.15, 0.2) is 0 Å². The predicted octanol–water partition coefficient (Wildman–Crippen LogP) is 1.40. The van der Waals surface area contributed by atoms with Crippen molar-refractivity contribution in [2.45, 2.75) is 51.7 Å². The maximum Gasteiger partial charge on any atom is 0.251 e. The Balaban J connectivity index is 2.32. The highest BCUT2D eigenvalue weighted by Crippen LogP contribution is 2.12. The van der Waals surface area contributed by atoms with Crippen LogP contribution in [0.5, 0.6) is 0 Å². The number of likely N-dealkylation sites (tertiary alicyclic amines) is 1. The molecule has 0 aromatic rings. The molecule has 1 rings (SSSR count). The van der Waals surface area contributed by atoms with Gasteiger partial charge in [-0.25, -0.2) is 0 Å². The number of hydrogen-bond donors (Lipinski definition) is 1. The van der Waals surface area contributed by atoms with Gasteiger partial charge in [0.1, 0.15) is 5.60 Å². The molecular formula is C13H26N2O2. The Kier molecular flexibility index (Phi) is 5.40. The molecule has 17 heavy (non-hydrogen) atoms. The van der Waals surface area contributed by atoms with Crippen LogP contribution >= 0.6 is 0 Å². The second-order valence-electron chi connectivity index (χ2n) is 5.37. The van der Waals surface area contributed by atoms with Crippen LogP contribution in [0.4, 0.5) is 0 Å². The third kappa shape index (κ3) is 4.28. The minimum Gasteiger partial charge on any atom is -0.369 e. The van der Waals surface area contributed by atoms with Crippen molar-refractivity contribution in [3.05, 3.63) is 0 Å². The summed E-state index contributed by atoms with van der Waals surface area (Å²) in [6.45, 7) is 8.76. The highest BCUT2D eigenvalue weighted by atomic mass is 16.5. The van der Waals surface area contributed by atoms with Crippen molar-refractivity contribution in [3.63, 3.8) is 0 Å². The fourth-order valence-corrected chi connectivity index (χ4v) is 2.03. The second kappa shape index (κ2) is 6.36.